The minimum absolute atomic E-state index is 0.0484. The van der Waals surface area contributed by atoms with E-state index in [2.05, 4.69) is 16.9 Å². The Bertz CT molecular complexity index is 596. The number of anilines is 1. The van der Waals surface area contributed by atoms with Gasteiger partial charge in [-0.3, -0.25) is 15.1 Å². The molecule has 0 saturated carbocycles. The molecule has 19 heavy (non-hydrogen) atoms. The summed E-state index contributed by atoms with van der Waals surface area (Å²) in [6.45, 7) is 2.06. The Balaban J connectivity index is 2.24. The first-order valence-corrected chi connectivity index (χ1v) is 5.93. The third-order valence-electron chi connectivity index (χ3n) is 2.75. The molecule has 6 nitrogen and oxygen atoms in total. The van der Waals surface area contributed by atoms with Crippen LogP contribution in [0.3, 0.4) is 0 Å². The number of nitrogens with two attached hydrogens (primary N) is 1. The minimum Gasteiger partial charge on any atom is -0.383 e. The number of nitro groups is 1. The molecular weight excluding hydrogens is 244 g/mol. The van der Waals surface area contributed by atoms with Crippen molar-refractivity contribution in [2.75, 3.05) is 5.73 Å². The van der Waals surface area contributed by atoms with Gasteiger partial charge in [0.2, 0.25) is 0 Å². The van der Waals surface area contributed by atoms with Gasteiger partial charge in [0.05, 0.1) is 16.7 Å². The lowest BCUT2D eigenvalue weighted by Crippen LogP contribution is -2.01. The summed E-state index contributed by atoms with van der Waals surface area (Å²) in [5.74, 6) is 0.148. The highest BCUT2D eigenvalue weighted by atomic mass is 16.6. The zero-order valence-corrected chi connectivity index (χ0v) is 10.5. The quantitative estimate of drug-likeness (QED) is 0.669. The lowest BCUT2D eigenvalue weighted by molar-refractivity contribution is -0.384. The summed E-state index contributed by atoms with van der Waals surface area (Å²) in [6.07, 6.45) is 3.15. The van der Waals surface area contributed by atoms with E-state index in [0.29, 0.717) is 12.1 Å². The molecule has 0 aliphatic heterocycles. The molecule has 0 aliphatic carbocycles. The van der Waals surface area contributed by atoms with Gasteiger partial charge < -0.3 is 5.73 Å². The van der Waals surface area contributed by atoms with Crippen molar-refractivity contribution >= 4 is 11.5 Å². The molecule has 2 rings (SSSR count). The van der Waals surface area contributed by atoms with Crippen molar-refractivity contribution in [3.63, 3.8) is 0 Å². The number of hydrogen-bond donors (Lipinski definition) is 1. The van der Waals surface area contributed by atoms with Gasteiger partial charge in [-0.25, -0.2) is 4.98 Å². The van der Waals surface area contributed by atoms with Gasteiger partial charge in [0.25, 0.3) is 5.69 Å². The summed E-state index contributed by atoms with van der Waals surface area (Å²) in [7, 11) is 0. The monoisotopic (exact) mass is 258 g/mol. The van der Waals surface area contributed by atoms with E-state index in [4.69, 9.17) is 5.73 Å². The Morgan fingerprint density at radius 3 is 2.68 bits per heavy atom. The van der Waals surface area contributed by atoms with Crippen molar-refractivity contribution in [2.24, 2.45) is 0 Å². The number of nitrogen functional groups attached to an aromatic ring is 1. The van der Waals surface area contributed by atoms with Gasteiger partial charge in [-0.2, -0.15) is 0 Å². The summed E-state index contributed by atoms with van der Waals surface area (Å²) >= 11 is 0. The zero-order chi connectivity index (χ0) is 13.8. The van der Waals surface area contributed by atoms with Gasteiger partial charge in [0, 0.05) is 24.4 Å². The topological polar surface area (TPSA) is 94.9 Å². The third-order valence-corrected chi connectivity index (χ3v) is 2.75. The van der Waals surface area contributed by atoms with Gasteiger partial charge in [-0.1, -0.05) is 13.0 Å². The number of nitrogens with zero attached hydrogens (tertiary/aromatic N) is 3. The van der Waals surface area contributed by atoms with Crippen LogP contribution in [-0.2, 0) is 12.8 Å². The second kappa shape index (κ2) is 5.43. The molecule has 0 unspecified atom stereocenters. The van der Waals surface area contributed by atoms with Gasteiger partial charge >= 0.3 is 0 Å². The second-order valence-corrected chi connectivity index (χ2v) is 4.19. The Labute approximate surface area is 110 Å². The van der Waals surface area contributed by atoms with Crippen LogP contribution in [0.25, 0.3) is 0 Å². The summed E-state index contributed by atoms with van der Waals surface area (Å²) in [5.41, 5.74) is 8.02. The average molecular weight is 258 g/mol. The second-order valence-electron chi connectivity index (χ2n) is 4.19. The lowest BCUT2D eigenvalue weighted by Gasteiger charge is -2.03. The first-order valence-electron chi connectivity index (χ1n) is 5.93. The number of aryl methyl sites for hydroxylation is 1. The molecule has 6 heteroatoms. The van der Waals surface area contributed by atoms with Crippen LogP contribution in [0, 0.1) is 10.1 Å². The van der Waals surface area contributed by atoms with E-state index in [0.717, 1.165) is 17.7 Å². The van der Waals surface area contributed by atoms with Gasteiger partial charge in [-0.05, 0) is 18.1 Å². The largest absolute Gasteiger partial charge is 0.383 e. The van der Waals surface area contributed by atoms with E-state index in [-0.39, 0.29) is 11.5 Å². The van der Waals surface area contributed by atoms with Gasteiger partial charge in [0.15, 0.2) is 0 Å². The molecule has 2 N–H and O–H groups in total. The molecule has 2 aromatic heterocycles. The number of aromatic nitrogens is 2. The normalized spacial score (nSPS) is 10.4. The molecule has 0 bridgehead atoms. The van der Waals surface area contributed by atoms with Crippen LogP contribution in [0.1, 0.15) is 23.9 Å². The molecule has 0 aliphatic rings. The first-order chi connectivity index (χ1) is 9.08. The maximum Gasteiger partial charge on any atom is 0.274 e. The molecule has 0 amide bonds. The van der Waals surface area contributed by atoms with Gasteiger partial charge in [-0.15, -0.1) is 0 Å². The van der Waals surface area contributed by atoms with E-state index in [9.17, 15) is 10.1 Å². The first kappa shape index (κ1) is 12.9. The van der Waals surface area contributed by atoms with Crippen LogP contribution >= 0.6 is 0 Å². The smallest absolute Gasteiger partial charge is 0.274 e. The number of rotatable bonds is 4. The van der Waals surface area contributed by atoms with Crippen molar-refractivity contribution in [3.05, 3.63) is 57.5 Å². The van der Waals surface area contributed by atoms with Crippen LogP contribution in [-0.4, -0.2) is 14.9 Å². The van der Waals surface area contributed by atoms with Crippen LogP contribution in [0.4, 0.5) is 11.5 Å². The van der Waals surface area contributed by atoms with Crippen LogP contribution in [0.2, 0.25) is 0 Å². The van der Waals surface area contributed by atoms with E-state index < -0.39 is 4.92 Å². The van der Waals surface area contributed by atoms with Crippen molar-refractivity contribution in [2.45, 2.75) is 19.8 Å². The summed E-state index contributed by atoms with van der Waals surface area (Å²) in [4.78, 5) is 18.7. The lowest BCUT2D eigenvalue weighted by atomic mass is 10.1. The summed E-state index contributed by atoms with van der Waals surface area (Å²) < 4.78 is 0. The van der Waals surface area contributed by atoms with Crippen molar-refractivity contribution in [3.8, 4) is 0 Å². The maximum atomic E-state index is 10.7. The molecule has 2 aromatic rings. The fourth-order valence-electron chi connectivity index (χ4n) is 1.74. The summed E-state index contributed by atoms with van der Waals surface area (Å²) in [6, 6.07) is 6.56. The van der Waals surface area contributed by atoms with E-state index >= 15 is 0 Å². The Morgan fingerprint density at radius 1 is 1.32 bits per heavy atom. The van der Waals surface area contributed by atoms with Crippen LogP contribution in [0.15, 0.2) is 30.5 Å². The standard InChI is InChI=1S/C13H14N4O2/c1-2-9-3-4-10(15-8-9)5-11-6-12(17(18)19)7-13(14)16-11/h3-4,6-8H,2,5H2,1H3,(H2,14,16). The Kier molecular flexibility index (Phi) is 3.70. The predicted octanol–water partition coefficient (Wildman–Crippen LogP) is 2.12. The zero-order valence-electron chi connectivity index (χ0n) is 10.5. The van der Waals surface area contributed by atoms with Gasteiger partial charge in [0.1, 0.15) is 5.82 Å². The molecular formula is C13H14N4O2. The van der Waals surface area contributed by atoms with E-state index in [1.165, 1.54) is 12.1 Å². The highest BCUT2D eigenvalue weighted by Gasteiger charge is 2.10. The molecule has 0 fully saturated rings. The SMILES string of the molecule is CCc1ccc(Cc2cc([N+](=O)[O-])cc(N)n2)nc1. The van der Waals surface area contributed by atoms with E-state index in [1.54, 1.807) is 6.20 Å². The number of hydrogen-bond acceptors (Lipinski definition) is 5. The molecule has 0 saturated heterocycles. The van der Waals surface area contributed by atoms with E-state index in [1.807, 2.05) is 12.1 Å². The highest BCUT2D eigenvalue weighted by molar-refractivity contribution is 5.43. The molecule has 0 radical (unpaired) electrons. The highest BCUT2D eigenvalue weighted by Crippen LogP contribution is 2.17. The predicted molar refractivity (Wildman–Crippen MR) is 71.7 cm³/mol. The third kappa shape index (κ3) is 3.25. The van der Waals surface area contributed by atoms with Crippen molar-refractivity contribution in [1.29, 1.82) is 0 Å². The van der Waals surface area contributed by atoms with Crippen LogP contribution < -0.4 is 5.73 Å². The van der Waals surface area contributed by atoms with Crippen molar-refractivity contribution < 1.29 is 4.92 Å². The molecule has 0 atom stereocenters. The Hall–Kier alpha value is -2.50. The summed E-state index contributed by atoms with van der Waals surface area (Å²) in [5, 5.41) is 10.7. The molecule has 0 spiro atoms. The fourth-order valence-corrected chi connectivity index (χ4v) is 1.74. The Morgan fingerprint density at radius 2 is 2.11 bits per heavy atom. The fraction of sp³-hybridized carbons (Fsp3) is 0.231. The number of pyridine rings is 2. The molecule has 98 valence electrons. The minimum atomic E-state index is -0.477. The average Bonchev–Trinajstić information content (AvgIpc) is 2.39. The molecule has 2 heterocycles. The maximum absolute atomic E-state index is 10.7. The molecule has 0 aromatic carbocycles. The van der Waals surface area contributed by atoms with Crippen LogP contribution in [0.5, 0.6) is 0 Å². The van der Waals surface area contributed by atoms with Crippen molar-refractivity contribution in [1.82, 2.24) is 9.97 Å².